The normalized spacial score (nSPS) is 21.5. The van der Waals surface area contributed by atoms with E-state index in [1.807, 2.05) is 12.3 Å². The number of rotatable bonds is 4. The van der Waals surface area contributed by atoms with Crippen LogP contribution in [0.1, 0.15) is 30.5 Å². The Labute approximate surface area is 135 Å². The van der Waals surface area contributed by atoms with Crippen molar-refractivity contribution in [3.05, 3.63) is 47.0 Å². The van der Waals surface area contributed by atoms with Gasteiger partial charge < -0.3 is 15.2 Å². The fourth-order valence-corrected chi connectivity index (χ4v) is 3.57. The van der Waals surface area contributed by atoms with E-state index in [9.17, 15) is 0 Å². The van der Waals surface area contributed by atoms with E-state index in [0.717, 1.165) is 36.3 Å². The summed E-state index contributed by atoms with van der Waals surface area (Å²) in [5, 5.41) is 4.41. The van der Waals surface area contributed by atoms with Crippen molar-refractivity contribution in [1.82, 2.24) is 15.3 Å². The number of aromatic nitrogens is 2. The summed E-state index contributed by atoms with van der Waals surface area (Å²) in [6, 6.07) is 6.78. The van der Waals surface area contributed by atoms with Gasteiger partial charge in [0, 0.05) is 36.0 Å². The molecule has 0 radical (unpaired) electrons. The van der Waals surface area contributed by atoms with Crippen LogP contribution in [0.5, 0.6) is 0 Å². The Bertz CT molecular complexity index is 636. The molecule has 1 aromatic heterocycles. The molecule has 22 heavy (non-hydrogen) atoms. The van der Waals surface area contributed by atoms with E-state index in [1.54, 1.807) is 6.33 Å². The van der Waals surface area contributed by atoms with Crippen molar-refractivity contribution in [1.29, 1.82) is 0 Å². The molecule has 116 valence electrons. The Kier molecular flexibility index (Phi) is 3.80. The molecule has 0 amide bonds. The summed E-state index contributed by atoms with van der Waals surface area (Å²) < 4.78 is 0. The van der Waals surface area contributed by atoms with E-state index in [4.69, 9.17) is 11.6 Å². The van der Waals surface area contributed by atoms with Crippen molar-refractivity contribution in [3.8, 4) is 0 Å². The predicted molar refractivity (Wildman–Crippen MR) is 89.1 cm³/mol. The highest BCUT2D eigenvalue weighted by Crippen LogP contribution is 2.37. The van der Waals surface area contributed by atoms with Gasteiger partial charge >= 0.3 is 0 Å². The maximum atomic E-state index is 6.19. The quantitative estimate of drug-likeness (QED) is 0.909. The van der Waals surface area contributed by atoms with Gasteiger partial charge in [-0.2, -0.15) is 0 Å². The molecular formula is C17H21ClN4. The van der Waals surface area contributed by atoms with Crippen LogP contribution in [-0.2, 0) is 13.1 Å². The van der Waals surface area contributed by atoms with Gasteiger partial charge in [0.2, 0.25) is 0 Å². The van der Waals surface area contributed by atoms with Gasteiger partial charge in [0.05, 0.1) is 18.6 Å². The SMILES string of the molecule is Clc1ccc2c(c1)CNCC(CC1CC1)N2Cc1cnc[nH]1. The first-order chi connectivity index (χ1) is 10.8. The number of fused-ring (bicyclic) bond motifs is 1. The molecule has 1 unspecified atom stereocenters. The lowest BCUT2D eigenvalue weighted by molar-refractivity contribution is 0.490. The van der Waals surface area contributed by atoms with Gasteiger partial charge in [-0.25, -0.2) is 4.98 Å². The molecular weight excluding hydrogens is 296 g/mol. The molecule has 2 aliphatic rings. The standard InChI is InChI=1S/C17H21ClN4/c18-14-3-4-17-13(6-14)7-19-9-16(5-12-1-2-12)22(17)10-15-8-20-11-21-15/h3-4,6,8,11-12,16,19H,1-2,5,7,9-10H2,(H,20,21). The zero-order chi connectivity index (χ0) is 14.9. The highest BCUT2D eigenvalue weighted by Gasteiger charge is 2.31. The van der Waals surface area contributed by atoms with Crippen molar-refractivity contribution in [2.24, 2.45) is 5.92 Å². The average Bonchev–Trinajstić information content (AvgIpc) is 3.21. The number of imidazole rings is 1. The molecule has 2 N–H and O–H groups in total. The van der Waals surface area contributed by atoms with Gasteiger partial charge in [0.1, 0.15) is 0 Å². The number of H-pyrrole nitrogens is 1. The molecule has 1 fully saturated rings. The van der Waals surface area contributed by atoms with Crippen LogP contribution >= 0.6 is 11.6 Å². The highest BCUT2D eigenvalue weighted by atomic mass is 35.5. The van der Waals surface area contributed by atoms with E-state index in [-0.39, 0.29) is 0 Å². The lowest BCUT2D eigenvalue weighted by atomic mass is 10.1. The summed E-state index contributed by atoms with van der Waals surface area (Å²) in [7, 11) is 0. The second kappa shape index (κ2) is 5.94. The molecule has 2 aromatic rings. The van der Waals surface area contributed by atoms with Crippen LogP contribution in [-0.4, -0.2) is 22.6 Å². The van der Waals surface area contributed by atoms with Crippen LogP contribution in [0.15, 0.2) is 30.7 Å². The Morgan fingerprint density at radius 1 is 1.32 bits per heavy atom. The Hall–Kier alpha value is -1.52. The second-order valence-corrected chi connectivity index (χ2v) is 6.88. The number of halogens is 1. The molecule has 4 nitrogen and oxygen atoms in total. The third-order valence-electron chi connectivity index (χ3n) is 4.69. The van der Waals surface area contributed by atoms with Crippen LogP contribution < -0.4 is 10.2 Å². The third-order valence-corrected chi connectivity index (χ3v) is 4.92. The van der Waals surface area contributed by atoms with E-state index in [1.165, 1.54) is 30.5 Å². The van der Waals surface area contributed by atoms with E-state index < -0.39 is 0 Å². The van der Waals surface area contributed by atoms with Crippen molar-refractivity contribution < 1.29 is 0 Å². The zero-order valence-corrected chi connectivity index (χ0v) is 13.3. The van der Waals surface area contributed by atoms with Crippen molar-refractivity contribution in [2.75, 3.05) is 11.4 Å². The van der Waals surface area contributed by atoms with Crippen LogP contribution in [0.4, 0.5) is 5.69 Å². The number of nitrogens with one attached hydrogen (secondary N) is 2. The van der Waals surface area contributed by atoms with Gasteiger partial charge in [-0.05, 0) is 36.1 Å². The van der Waals surface area contributed by atoms with E-state index in [0.29, 0.717) is 6.04 Å². The molecule has 0 bridgehead atoms. The molecule has 1 aliphatic heterocycles. The largest absolute Gasteiger partial charge is 0.361 e. The highest BCUT2D eigenvalue weighted by molar-refractivity contribution is 6.30. The fraction of sp³-hybridized carbons (Fsp3) is 0.471. The smallest absolute Gasteiger partial charge is 0.0922 e. The molecule has 2 heterocycles. The van der Waals surface area contributed by atoms with Crippen molar-refractivity contribution >= 4 is 17.3 Å². The number of nitrogens with zero attached hydrogens (tertiary/aromatic N) is 2. The third kappa shape index (κ3) is 2.99. The topological polar surface area (TPSA) is 44.0 Å². The molecule has 5 heteroatoms. The lowest BCUT2D eigenvalue weighted by Crippen LogP contribution is -2.40. The summed E-state index contributed by atoms with van der Waals surface area (Å²) in [5.41, 5.74) is 3.74. The maximum Gasteiger partial charge on any atom is 0.0922 e. The Morgan fingerprint density at radius 3 is 3.00 bits per heavy atom. The first-order valence-corrected chi connectivity index (χ1v) is 8.40. The minimum absolute atomic E-state index is 0.526. The second-order valence-electron chi connectivity index (χ2n) is 6.44. The Balaban J connectivity index is 1.68. The number of hydrogen-bond acceptors (Lipinski definition) is 3. The van der Waals surface area contributed by atoms with Crippen molar-refractivity contribution in [2.45, 2.75) is 38.4 Å². The summed E-state index contributed by atoms with van der Waals surface area (Å²) in [6.07, 6.45) is 7.72. The molecule has 1 saturated carbocycles. The molecule has 0 saturated heterocycles. The van der Waals surface area contributed by atoms with Gasteiger partial charge in [-0.3, -0.25) is 0 Å². The fourth-order valence-electron chi connectivity index (χ4n) is 3.37. The van der Waals surface area contributed by atoms with Crippen molar-refractivity contribution in [3.63, 3.8) is 0 Å². The summed E-state index contributed by atoms with van der Waals surface area (Å²) >= 11 is 6.19. The monoisotopic (exact) mass is 316 g/mol. The van der Waals surface area contributed by atoms with Crippen LogP contribution in [0, 0.1) is 5.92 Å². The summed E-state index contributed by atoms with van der Waals surface area (Å²) in [4.78, 5) is 9.92. The van der Waals surface area contributed by atoms with E-state index >= 15 is 0 Å². The van der Waals surface area contributed by atoms with Gasteiger partial charge in [0.25, 0.3) is 0 Å². The zero-order valence-electron chi connectivity index (χ0n) is 12.6. The number of anilines is 1. The molecule has 4 rings (SSSR count). The molecule has 1 aromatic carbocycles. The average molecular weight is 317 g/mol. The van der Waals surface area contributed by atoms with Gasteiger partial charge in [0.15, 0.2) is 0 Å². The minimum atomic E-state index is 0.526. The molecule has 1 atom stereocenters. The van der Waals surface area contributed by atoms with Gasteiger partial charge in [-0.15, -0.1) is 0 Å². The number of hydrogen-bond donors (Lipinski definition) is 2. The van der Waals surface area contributed by atoms with Gasteiger partial charge in [-0.1, -0.05) is 24.4 Å². The van der Waals surface area contributed by atoms with Crippen LogP contribution in [0.2, 0.25) is 5.02 Å². The summed E-state index contributed by atoms with van der Waals surface area (Å²) in [5.74, 6) is 0.907. The molecule has 1 aliphatic carbocycles. The minimum Gasteiger partial charge on any atom is -0.361 e. The summed E-state index contributed by atoms with van der Waals surface area (Å²) in [6.45, 7) is 2.78. The lowest BCUT2D eigenvalue weighted by Gasteiger charge is -2.33. The Morgan fingerprint density at radius 2 is 2.23 bits per heavy atom. The first kappa shape index (κ1) is 14.1. The van der Waals surface area contributed by atoms with Crippen LogP contribution in [0.3, 0.4) is 0 Å². The molecule has 0 spiro atoms. The van der Waals surface area contributed by atoms with E-state index in [2.05, 4.69) is 32.3 Å². The number of benzene rings is 1. The predicted octanol–water partition coefficient (Wildman–Crippen LogP) is 3.34. The van der Waals surface area contributed by atoms with Crippen LogP contribution in [0.25, 0.3) is 0 Å². The number of aromatic amines is 1. The first-order valence-electron chi connectivity index (χ1n) is 8.02. The maximum absolute atomic E-state index is 6.19.